The SMILES string of the molecule is NC(=S)NN=Cc1ccc(S(=O)(=O)c2ccc(N)cc2)cc1. The summed E-state index contributed by atoms with van der Waals surface area (Å²) in [6, 6.07) is 12.3. The first-order valence-electron chi connectivity index (χ1n) is 6.19. The number of nitrogen functional groups attached to an aromatic ring is 1. The second-order valence-corrected chi connectivity index (χ2v) is 6.77. The van der Waals surface area contributed by atoms with Crippen LogP contribution >= 0.6 is 12.2 Å². The van der Waals surface area contributed by atoms with Crippen LogP contribution in [-0.2, 0) is 9.84 Å². The molecule has 0 fully saturated rings. The predicted molar refractivity (Wildman–Crippen MR) is 90.3 cm³/mol. The van der Waals surface area contributed by atoms with Crippen LogP contribution in [0, 0.1) is 0 Å². The lowest BCUT2D eigenvalue weighted by Crippen LogP contribution is -2.23. The van der Waals surface area contributed by atoms with Crippen molar-refractivity contribution in [3.63, 3.8) is 0 Å². The molecular weight excluding hydrogens is 320 g/mol. The minimum Gasteiger partial charge on any atom is -0.399 e. The van der Waals surface area contributed by atoms with E-state index in [1.54, 1.807) is 24.3 Å². The molecule has 0 bridgehead atoms. The predicted octanol–water partition coefficient (Wildman–Crippen LogP) is 1.27. The van der Waals surface area contributed by atoms with E-state index >= 15 is 0 Å². The largest absolute Gasteiger partial charge is 0.399 e. The van der Waals surface area contributed by atoms with E-state index in [-0.39, 0.29) is 14.9 Å². The summed E-state index contributed by atoms with van der Waals surface area (Å²) < 4.78 is 24.9. The van der Waals surface area contributed by atoms with Gasteiger partial charge in [0.2, 0.25) is 9.84 Å². The van der Waals surface area contributed by atoms with Crippen molar-refractivity contribution in [2.45, 2.75) is 9.79 Å². The maximum absolute atomic E-state index is 12.4. The standard InChI is InChI=1S/C14H14N4O2S2/c15-11-3-7-13(8-4-11)22(19,20)12-5-1-10(2-6-12)9-17-18-14(16)21/h1-9H,15H2,(H3,16,18,21). The third kappa shape index (κ3) is 3.80. The number of rotatable bonds is 4. The minimum absolute atomic E-state index is 0.0544. The summed E-state index contributed by atoms with van der Waals surface area (Å²) in [5, 5.41) is 3.85. The van der Waals surface area contributed by atoms with Gasteiger partial charge in [0.1, 0.15) is 0 Å². The number of thiocarbonyl (C=S) groups is 1. The van der Waals surface area contributed by atoms with Crippen LogP contribution in [-0.4, -0.2) is 19.7 Å². The van der Waals surface area contributed by atoms with Crippen LogP contribution in [0.15, 0.2) is 63.4 Å². The lowest BCUT2D eigenvalue weighted by Gasteiger charge is -2.05. The number of nitrogens with two attached hydrogens (primary N) is 2. The summed E-state index contributed by atoms with van der Waals surface area (Å²) in [6.45, 7) is 0. The first-order valence-corrected chi connectivity index (χ1v) is 8.08. The molecule has 0 heterocycles. The molecule has 0 aliphatic heterocycles. The Hall–Kier alpha value is -2.45. The highest BCUT2D eigenvalue weighted by Crippen LogP contribution is 2.21. The van der Waals surface area contributed by atoms with Crippen molar-refractivity contribution in [2.75, 3.05) is 5.73 Å². The van der Waals surface area contributed by atoms with Crippen molar-refractivity contribution in [3.05, 3.63) is 54.1 Å². The molecule has 0 radical (unpaired) electrons. The number of nitrogens with one attached hydrogen (secondary N) is 1. The van der Waals surface area contributed by atoms with Crippen molar-refractivity contribution in [1.82, 2.24) is 5.43 Å². The zero-order valence-corrected chi connectivity index (χ0v) is 13.1. The number of anilines is 1. The third-order valence-corrected chi connectivity index (χ3v) is 4.65. The van der Waals surface area contributed by atoms with Gasteiger partial charge in [-0.25, -0.2) is 8.42 Å². The second-order valence-electron chi connectivity index (χ2n) is 4.38. The van der Waals surface area contributed by atoms with Crippen molar-refractivity contribution in [3.8, 4) is 0 Å². The Bertz CT molecular complexity index is 798. The molecule has 22 heavy (non-hydrogen) atoms. The first-order chi connectivity index (χ1) is 10.4. The maximum atomic E-state index is 12.4. The molecule has 0 unspecified atom stereocenters. The summed E-state index contributed by atoms with van der Waals surface area (Å²) >= 11 is 4.61. The summed E-state index contributed by atoms with van der Waals surface area (Å²) in [5.74, 6) is 0. The highest BCUT2D eigenvalue weighted by molar-refractivity contribution is 7.91. The van der Waals surface area contributed by atoms with E-state index in [1.165, 1.54) is 30.5 Å². The monoisotopic (exact) mass is 334 g/mol. The maximum Gasteiger partial charge on any atom is 0.206 e. The van der Waals surface area contributed by atoms with E-state index in [2.05, 4.69) is 22.7 Å². The van der Waals surface area contributed by atoms with Gasteiger partial charge < -0.3 is 11.5 Å². The van der Waals surface area contributed by atoms with Gasteiger partial charge in [0.15, 0.2) is 5.11 Å². The van der Waals surface area contributed by atoms with Crippen molar-refractivity contribution >= 4 is 39.1 Å². The molecule has 2 rings (SSSR count). The first kappa shape index (κ1) is 15.9. The quantitative estimate of drug-likeness (QED) is 0.336. The van der Waals surface area contributed by atoms with Crippen molar-refractivity contribution in [2.24, 2.45) is 10.8 Å². The Kier molecular flexibility index (Phi) is 4.74. The molecule has 114 valence electrons. The van der Waals surface area contributed by atoms with Crippen LogP contribution in [0.25, 0.3) is 0 Å². The molecule has 2 aromatic carbocycles. The van der Waals surface area contributed by atoms with Crippen LogP contribution in [0.1, 0.15) is 5.56 Å². The Labute approximate surface area is 133 Å². The van der Waals surface area contributed by atoms with Crippen molar-refractivity contribution in [1.29, 1.82) is 0 Å². The van der Waals surface area contributed by atoms with Crippen molar-refractivity contribution < 1.29 is 8.42 Å². The van der Waals surface area contributed by atoms with Gasteiger partial charge in [-0.05, 0) is 54.2 Å². The molecule has 5 N–H and O–H groups in total. The normalized spacial score (nSPS) is 11.5. The van der Waals surface area contributed by atoms with E-state index in [0.29, 0.717) is 11.3 Å². The second kappa shape index (κ2) is 6.54. The molecule has 8 heteroatoms. The van der Waals surface area contributed by atoms with E-state index in [4.69, 9.17) is 11.5 Å². The number of sulfone groups is 1. The molecule has 0 saturated carbocycles. The number of nitrogens with zero attached hydrogens (tertiary/aromatic N) is 1. The Balaban J connectivity index is 2.24. The molecule has 2 aromatic rings. The molecule has 6 nitrogen and oxygen atoms in total. The van der Waals surface area contributed by atoms with Gasteiger partial charge in [0.25, 0.3) is 0 Å². The van der Waals surface area contributed by atoms with Crippen LogP contribution in [0.5, 0.6) is 0 Å². The summed E-state index contributed by atoms with van der Waals surface area (Å²) in [6.07, 6.45) is 1.48. The van der Waals surface area contributed by atoms with Gasteiger partial charge in [-0.3, -0.25) is 5.43 Å². The van der Waals surface area contributed by atoms with E-state index in [0.717, 1.165) is 0 Å². The molecular formula is C14H14N4O2S2. The topological polar surface area (TPSA) is 111 Å². The van der Waals surface area contributed by atoms with Gasteiger partial charge in [-0.2, -0.15) is 5.10 Å². The van der Waals surface area contributed by atoms with E-state index in [1.807, 2.05) is 0 Å². The fourth-order valence-electron chi connectivity index (χ4n) is 1.69. The van der Waals surface area contributed by atoms with Crippen LogP contribution in [0.3, 0.4) is 0 Å². The number of hydrogen-bond donors (Lipinski definition) is 3. The van der Waals surface area contributed by atoms with Gasteiger partial charge in [0, 0.05) is 5.69 Å². The zero-order chi connectivity index (χ0) is 16.2. The molecule has 0 spiro atoms. The average molecular weight is 334 g/mol. The summed E-state index contributed by atoms with van der Waals surface area (Å²) in [5.41, 5.74) is 14.4. The fourth-order valence-corrected chi connectivity index (χ4v) is 3.00. The molecule has 0 atom stereocenters. The molecule has 0 saturated heterocycles. The molecule has 0 amide bonds. The van der Waals surface area contributed by atoms with Crippen LogP contribution < -0.4 is 16.9 Å². The fraction of sp³-hybridized carbons (Fsp3) is 0. The molecule has 0 aromatic heterocycles. The van der Waals surface area contributed by atoms with Crippen LogP contribution in [0.4, 0.5) is 5.69 Å². The Morgan fingerprint density at radius 3 is 2.05 bits per heavy atom. The summed E-state index contributed by atoms with van der Waals surface area (Å²) in [7, 11) is -3.56. The van der Waals surface area contributed by atoms with Crippen LogP contribution in [0.2, 0.25) is 0 Å². The molecule has 0 aliphatic carbocycles. The third-order valence-electron chi connectivity index (χ3n) is 2.77. The Morgan fingerprint density at radius 2 is 1.55 bits per heavy atom. The number of benzene rings is 2. The van der Waals surface area contributed by atoms with Gasteiger partial charge in [-0.15, -0.1) is 0 Å². The van der Waals surface area contributed by atoms with E-state index in [9.17, 15) is 8.42 Å². The summed E-state index contributed by atoms with van der Waals surface area (Å²) in [4.78, 5) is 0.384. The highest BCUT2D eigenvalue weighted by atomic mass is 32.2. The molecule has 0 aliphatic rings. The van der Waals surface area contributed by atoms with Gasteiger partial charge in [-0.1, -0.05) is 12.1 Å². The zero-order valence-electron chi connectivity index (χ0n) is 11.4. The Morgan fingerprint density at radius 1 is 1.05 bits per heavy atom. The van der Waals surface area contributed by atoms with Gasteiger partial charge >= 0.3 is 0 Å². The lowest BCUT2D eigenvalue weighted by molar-refractivity contribution is 0.596. The average Bonchev–Trinajstić information content (AvgIpc) is 2.48. The smallest absolute Gasteiger partial charge is 0.206 e. The minimum atomic E-state index is -3.56. The number of hydrazone groups is 1. The van der Waals surface area contributed by atoms with Gasteiger partial charge in [0.05, 0.1) is 16.0 Å². The highest BCUT2D eigenvalue weighted by Gasteiger charge is 2.16. The number of hydrogen-bond acceptors (Lipinski definition) is 5. The van der Waals surface area contributed by atoms with E-state index < -0.39 is 9.84 Å². The lowest BCUT2D eigenvalue weighted by atomic mass is 10.2.